The number of ether oxygens (including phenoxy) is 1. The maximum absolute atomic E-state index is 14.2. The highest BCUT2D eigenvalue weighted by atomic mass is 19.2. The minimum absolute atomic E-state index is 0.282. The van der Waals surface area contributed by atoms with Crippen molar-refractivity contribution in [3.8, 4) is 0 Å². The first-order chi connectivity index (χ1) is 9.84. The zero-order valence-electron chi connectivity index (χ0n) is 12.6. The fourth-order valence-electron chi connectivity index (χ4n) is 2.97. The summed E-state index contributed by atoms with van der Waals surface area (Å²) < 4.78 is 33.8. The summed E-state index contributed by atoms with van der Waals surface area (Å²) in [6.07, 6.45) is 5.08. The van der Waals surface area contributed by atoms with Gasteiger partial charge in [-0.25, -0.2) is 8.78 Å². The second-order valence-electron chi connectivity index (χ2n) is 6.58. The molecule has 0 aromatic carbocycles. The second kappa shape index (κ2) is 6.49. The summed E-state index contributed by atoms with van der Waals surface area (Å²) in [6, 6.07) is 0. The molecular weight excluding hydrogens is 277 g/mol. The van der Waals surface area contributed by atoms with Gasteiger partial charge in [-0.3, -0.25) is 0 Å². The number of alkyl halides is 1. The SMILES string of the molecule is CC1(C)C(OCC2CCCCC2)=CC(B(O)O)=C(F)C1F. The Morgan fingerprint density at radius 2 is 1.90 bits per heavy atom. The fraction of sp³-hybridized carbons (Fsp3) is 0.733. The molecule has 21 heavy (non-hydrogen) atoms. The van der Waals surface area contributed by atoms with E-state index in [1.807, 2.05) is 0 Å². The van der Waals surface area contributed by atoms with Gasteiger partial charge in [0.05, 0.1) is 12.0 Å². The van der Waals surface area contributed by atoms with Crippen LogP contribution in [0.1, 0.15) is 46.0 Å². The summed E-state index contributed by atoms with van der Waals surface area (Å²) in [6.45, 7) is 3.59. The van der Waals surface area contributed by atoms with Crippen molar-refractivity contribution in [3.63, 3.8) is 0 Å². The van der Waals surface area contributed by atoms with Crippen LogP contribution in [0.4, 0.5) is 8.78 Å². The van der Waals surface area contributed by atoms with Crippen molar-refractivity contribution < 1.29 is 23.6 Å². The van der Waals surface area contributed by atoms with Gasteiger partial charge in [0.2, 0.25) is 0 Å². The highest BCUT2D eigenvalue weighted by Gasteiger charge is 2.44. The smallest absolute Gasteiger partial charge is 0.491 e. The number of halogens is 2. The van der Waals surface area contributed by atoms with E-state index in [1.165, 1.54) is 25.3 Å². The molecule has 118 valence electrons. The number of hydrogen-bond acceptors (Lipinski definition) is 3. The summed E-state index contributed by atoms with van der Waals surface area (Å²) in [5.41, 5.74) is -1.59. The van der Waals surface area contributed by atoms with Crippen molar-refractivity contribution in [3.05, 3.63) is 23.1 Å². The van der Waals surface area contributed by atoms with E-state index in [2.05, 4.69) is 0 Å². The Bertz CT molecular complexity index is 440. The topological polar surface area (TPSA) is 49.7 Å². The summed E-state index contributed by atoms with van der Waals surface area (Å²) in [4.78, 5) is 0. The Morgan fingerprint density at radius 3 is 2.48 bits per heavy atom. The molecule has 2 N–H and O–H groups in total. The van der Waals surface area contributed by atoms with Crippen LogP contribution in [0.25, 0.3) is 0 Å². The molecule has 2 rings (SSSR count). The Balaban J connectivity index is 2.12. The van der Waals surface area contributed by atoms with Gasteiger partial charge < -0.3 is 14.8 Å². The highest BCUT2D eigenvalue weighted by Crippen LogP contribution is 2.43. The van der Waals surface area contributed by atoms with Crippen molar-refractivity contribution in [1.29, 1.82) is 0 Å². The Hall–Kier alpha value is -0.875. The standard InChI is InChI=1S/C15H23BF2O3/c1-15(2)12(21-9-10-6-4-3-5-7-10)8-11(16(19)20)13(17)14(15)18/h8,10,14,19-20H,3-7,9H2,1-2H3. The van der Waals surface area contributed by atoms with Gasteiger partial charge in [0.15, 0.2) is 6.17 Å². The van der Waals surface area contributed by atoms with Gasteiger partial charge in [-0.2, -0.15) is 0 Å². The number of rotatable bonds is 4. The minimum atomic E-state index is -2.03. The third-order valence-corrected chi connectivity index (χ3v) is 4.53. The molecule has 1 saturated carbocycles. The first-order valence-electron chi connectivity index (χ1n) is 7.58. The molecule has 1 atom stereocenters. The van der Waals surface area contributed by atoms with E-state index in [0.29, 0.717) is 12.5 Å². The van der Waals surface area contributed by atoms with Crippen LogP contribution in [0.15, 0.2) is 23.1 Å². The molecule has 6 heteroatoms. The molecule has 0 bridgehead atoms. The average Bonchev–Trinajstić information content (AvgIpc) is 2.45. The predicted octanol–water partition coefficient (Wildman–Crippen LogP) is 3.08. The third kappa shape index (κ3) is 3.48. The molecule has 0 saturated heterocycles. The Labute approximate surface area is 124 Å². The van der Waals surface area contributed by atoms with Crippen LogP contribution in [0.3, 0.4) is 0 Å². The molecule has 0 aromatic heterocycles. The second-order valence-corrected chi connectivity index (χ2v) is 6.58. The van der Waals surface area contributed by atoms with Crippen LogP contribution < -0.4 is 0 Å². The Morgan fingerprint density at radius 1 is 1.29 bits per heavy atom. The summed E-state index contributed by atoms with van der Waals surface area (Å²) in [5.74, 6) is -0.406. The van der Waals surface area contributed by atoms with Crippen molar-refractivity contribution >= 4 is 7.12 Å². The lowest BCUT2D eigenvalue weighted by molar-refractivity contribution is 0.0583. The van der Waals surface area contributed by atoms with E-state index in [1.54, 1.807) is 13.8 Å². The monoisotopic (exact) mass is 300 g/mol. The molecule has 0 aliphatic heterocycles. The molecule has 3 nitrogen and oxygen atoms in total. The summed E-state index contributed by atoms with van der Waals surface area (Å²) >= 11 is 0. The van der Waals surface area contributed by atoms with Crippen LogP contribution in [0.2, 0.25) is 0 Å². The first kappa shape index (κ1) is 16.5. The van der Waals surface area contributed by atoms with E-state index in [4.69, 9.17) is 14.8 Å². The third-order valence-electron chi connectivity index (χ3n) is 4.53. The molecule has 0 spiro atoms. The van der Waals surface area contributed by atoms with Crippen molar-refractivity contribution in [2.75, 3.05) is 6.61 Å². The van der Waals surface area contributed by atoms with Crippen LogP contribution in [-0.2, 0) is 4.74 Å². The number of allylic oxidation sites excluding steroid dienone is 4. The van der Waals surface area contributed by atoms with Gasteiger partial charge in [0.1, 0.15) is 11.6 Å². The van der Waals surface area contributed by atoms with Gasteiger partial charge in [-0.15, -0.1) is 0 Å². The van der Waals surface area contributed by atoms with Crippen molar-refractivity contribution in [1.82, 2.24) is 0 Å². The van der Waals surface area contributed by atoms with Crippen LogP contribution in [-0.4, -0.2) is 29.9 Å². The fourth-order valence-corrected chi connectivity index (χ4v) is 2.97. The van der Waals surface area contributed by atoms with Gasteiger partial charge >= 0.3 is 7.12 Å². The lowest BCUT2D eigenvalue weighted by Gasteiger charge is -2.35. The molecule has 0 heterocycles. The van der Waals surface area contributed by atoms with Gasteiger partial charge in [0, 0.05) is 5.47 Å². The predicted molar refractivity (Wildman–Crippen MR) is 77.6 cm³/mol. The molecule has 1 unspecified atom stereocenters. The molecule has 1 fully saturated rings. The molecule has 2 aliphatic rings. The maximum Gasteiger partial charge on any atom is 0.491 e. The quantitative estimate of drug-likeness (QED) is 0.784. The summed E-state index contributed by atoms with van der Waals surface area (Å²) in [7, 11) is -2.03. The van der Waals surface area contributed by atoms with E-state index in [0.717, 1.165) is 12.8 Å². The van der Waals surface area contributed by atoms with Gasteiger partial charge in [0.25, 0.3) is 0 Å². The van der Waals surface area contributed by atoms with E-state index in [9.17, 15) is 8.78 Å². The molecule has 0 radical (unpaired) electrons. The van der Waals surface area contributed by atoms with Crippen molar-refractivity contribution in [2.45, 2.75) is 52.1 Å². The zero-order chi connectivity index (χ0) is 15.6. The largest absolute Gasteiger partial charge is 0.497 e. The van der Waals surface area contributed by atoms with Gasteiger partial charge in [-0.05, 0) is 38.7 Å². The van der Waals surface area contributed by atoms with E-state index >= 15 is 0 Å². The molecular formula is C15H23BF2O3. The summed E-state index contributed by atoms with van der Waals surface area (Å²) in [5, 5.41) is 18.3. The molecule has 2 aliphatic carbocycles. The average molecular weight is 300 g/mol. The van der Waals surface area contributed by atoms with Crippen LogP contribution in [0.5, 0.6) is 0 Å². The van der Waals surface area contributed by atoms with Crippen LogP contribution >= 0.6 is 0 Å². The van der Waals surface area contributed by atoms with E-state index in [-0.39, 0.29) is 5.76 Å². The maximum atomic E-state index is 14.2. The molecule has 0 aromatic rings. The lowest BCUT2D eigenvalue weighted by atomic mass is 9.69. The highest BCUT2D eigenvalue weighted by molar-refractivity contribution is 6.52. The molecule has 0 amide bonds. The zero-order valence-corrected chi connectivity index (χ0v) is 12.6. The van der Waals surface area contributed by atoms with Gasteiger partial charge in [-0.1, -0.05) is 19.3 Å². The Kier molecular flexibility index (Phi) is 5.09. The first-order valence-corrected chi connectivity index (χ1v) is 7.58. The normalized spacial score (nSPS) is 26.6. The number of hydrogen-bond donors (Lipinski definition) is 2. The van der Waals surface area contributed by atoms with Crippen LogP contribution in [0, 0.1) is 11.3 Å². The van der Waals surface area contributed by atoms with Crippen molar-refractivity contribution in [2.24, 2.45) is 11.3 Å². The minimum Gasteiger partial charge on any atom is -0.497 e. The van der Waals surface area contributed by atoms with E-state index < -0.39 is 30.0 Å². The lowest BCUT2D eigenvalue weighted by Crippen LogP contribution is -2.36.